The van der Waals surface area contributed by atoms with Crippen molar-refractivity contribution in [2.45, 2.75) is 13.8 Å². The first kappa shape index (κ1) is 16.2. The quantitative estimate of drug-likeness (QED) is 0.644. The number of amidine groups is 1. The van der Waals surface area contributed by atoms with E-state index in [0.717, 1.165) is 32.7 Å². The van der Waals surface area contributed by atoms with Crippen LogP contribution in [0.25, 0.3) is 0 Å². The van der Waals surface area contributed by atoms with Gasteiger partial charge in [-0.05, 0) is 34.0 Å². The van der Waals surface area contributed by atoms with Crippen molar-refractivity contribution < 1.29 is 4.39 Å². The van der Waals surface area contributed by atoms with E-state index in [2.05, 4.69) is 39.6 Å². The van der Waals surface area contributed by atoms with Gasteiger partial charge in [0.05, 0.1) is 10.2 Å². The van der Waals surface area contributed by atoms with Crippen LogP contribution in [0.2, 0.25) is 0 Å². The van der Waals surface area contributed by atoms with Gasteiger partial charge in [-0.3, -0.25) is 10.3 Å². The van der Waals surface area contributed by atoms with Crippen molar-refractivity contribution in [1.29, 1.82) is 5.41 Å². The molecule has 6 heteroatoms. The molecule has 0 aromatic heterocycles. The number of rotatable bonds is 4. The number of nitrogens with one attached hydrogen (secondary N) is 1. The van der Waals surface area contributed by atoms with Gasteiger partial charge < -0.3 is 10.6 Å². The number of halogens is 2. The lowest BCUT2D eigenvalue weighted by Crippen LogP contribution is -2.47. The van der Waals surface area contributed by atoms with Crippen LogP contribution in [0.15, 0.2) is 16.6 Å². The minimum absolute atomic E-state index is 0.130. The van der Waals surface area contributed by atoms with E-state index in [0.29, 0.717) is 17.2 Å². The van der Waals surface area contributed by atoms with E-state index < -0.39 is 0 Å². The van der Waals surface area contributed by atoms with Gasteiger partial charge >= 0.3 is 0 Å². The zero-order chi connectivity index (χ0) is 15.6. The summed E-state index contributed by atoms with van der Waals surface area (Å²) >= 11 is 3.21. The lowest BCUT2D eigenvalue weighted by molar-refractivity contribution is 0.231. The Labute approximate surface area is 133 Å². The fourth-order valence-electron chi connectivity index (χ4n) is 2.68. The molecule has 4 nitrogen and oxygen atoms in total. The van der Waals surface area contributed by atoms with E-state index in [1.165, 1.54) is 0 Å². The van der Waals surface area contributed by atoms with E-state index >= 15 is 0 Å². The monoisotopic (exact) mass is 356 g/mol. The zero-order valence-corrected chi connectivity index (χ0v) is 14.1. The molecule has 0 amide bonds. The van der Waals surface area contributed by atoms with Crippen LogP contribution in [-0.4, -0.2) is 43.5 Å². The predicted molar refractivity (Wildman–Crippen MR) is 88.6 cm³/mol. The average molecular weight is 357 g/mol. The van der Waals surface area contributed by atoms with Gasteiger partial charge in [0.15, 0.2) is 5.82 Å². The number of hydrogen-bond donors (Lipinski definition) is 2. The van der Waals surface area contributed by atoms with Gasteiger partial charge in [-0.15, -0.1) is 0 Å². The van der Waals surface area contributed by atoms with Crippen LogP contribution in [0.5, 0.6) is 0 Å². The summed E-state index contributed by atoms with van der Waals surface area (Å²) in [5.41, 5.74) is 6.42. The molecule has 1 aromatic carbocycles. The van der Waals surface area contributed by atoms with E-state index in [-0.39, 0.29) is 16.1 Å². The van der Waals surface area contributed by atoms with Crippen LogP contribution in [0.4, 0.5) is 10.1 Å². The Hall–Kier alpha value is -1.14. The highest BCUT2D eigenvalue weighted by Gasteiger charge is 2.22. The molecule has 0 saturated carbocycles. The molecule has 0 atom stereocenters. The normalized spacial score (nSPS) is 16.5. The van der Waals surface area contributed by atoms with Crippen LogP contribution >= 0.6 is 15.9 Å². The van der Waals surface area contributed by atoms with Crippen molar-refractivity contribution in [3.05, 3.63) is 28.0 Å². The molecule has 1 aliphatic heterocycles. The molecule has 21 heavy (non-hydrogen) atoms. The van der Waals surface area contributed by atoms with Crippen molar-refractivity contribution in [2.24, 2.45) is 11.7 Å². The fourth-order valence-corrected chi connectivity index (χ4v) is 3.23. The molecular formula is C15H22BrFN4. The second kappa shape index (κ2) is 6.75. The highest BCUT2D eigenvalue weighted by atomic mass is 79.9. The minimum Gasteiger partial charge on any atom is -0.384 e. The van der Waals surface area contributed by atoms with Crippen LogP contribution in [-0.2, 0) is 0 Å². The van der Waals surface area contributed by atoms with Crippen LogP contribution < -0.4 is 10.6 Å². The highest BCUT2D eigenvalue weighted by molar-refractivity contribution is 9.10. The van der Waals surface area contributed by atoms with Crippen LogP contribution in [0.1, 0.15) is 19.4 Å². The van der Waals surface area contributed by atoms with Gasteiger partial charge in [0.2, 0.25) is 0 Å². The van der Waals surface area contributed by atoms with E-state index in [1.54, 1.807) is 12.1 Å². The van der Waals surface area contributed by atoms with Gasteiger partial charge in [0.1, 0.15) is 5.84 Å². The molecule has 1 saturated heterocycles. The highest BCUT2D eigenvalue weighted by Crippen LogP contribution is 2.30. The van der Waals surface area contributed by atoms with Crippen molar-refractivity contribution >= 4 is 27.5 Å². The topological polar surface area (TPSA) is 56.4 Å². The standard InChI is InChI=1S/C15H22BrFN4/c1-10(2)9-20-5-7-21(8-6-20)12-4-3-11(15(18)19)13(16)14(12)17/h3-4,10H,5-9H2,1-2H3,(H3,18,19). The maximum absolute atomic E-state index is 14.5. The Morgan fingerprint density at radius 3 is 2.48 bits per heavy atom. The maximum Gasteiger partial charge on any atom is 0.161 e. The maximum atomic E-state index is 14.5. The summed E-state index contributed by atoms with van der Waals surface area (Å²) in [6, 6.07) is 3.42. The van der Waals surface area contributed by atoms with Crippen molar-refractivity contribution in [3.63, 3.8) is 0 Å². The molecule has 0 bridgehead atoms. The molecule has 0 unspecified atom stereocenters. The van der Waals surface area contributed by atoms with Gasteiger partial charge in [-0.25, -0.2) is 4.39 Å². The molecule has 2 rings (SSSR count). The Kier molecular flexibility index (Phi) is 5.22. The third-order valence-electron chi connectivity index (χ3n) is 3.69. The molecule has 1 heterocycles. The third-order valence-corrected chi connectivity index (χ3v) is 4.46. The van der Waals surface area contributed by atoms with Gasteiger partial charge in [0, 0.05) is 38.3 Å². The molecule has 116 valence electrons. The molecule has 0 radical (unpaired) electrons. The zero-order valence-electron chi connectivity index (χ0n) is 12.5. The summed E-state index contributed by atoms with van der Waals surface area (Å²) < 4.78 is 14.7. The van der Waals surface area contributed by atoms with Crippen LogP contribution in [0, 0.1) is 17.1 Å². The Bertz CT molecular complexity index is 525. The predicted octanol–water partition coefficient (Wildman–Crippen LogP) is 2.65. The van der Waals surface area contributed by atoms with Gasteiger partial charge in [-0.1, -0.05) is 13.8 Å². The molecule has 1 fully saturated rings. The molecule has 0 spiro atoms. The summed E-state index contributed by atoms with van der Waals surface area (Å²) in [5, 5.41) is 7.44. The number of nitrogens with zero attached hydrogens (tertiary/aromatic N) is 2. The van der Waals surface area contributed by atoms with Gasteiger partial charge in [0.25, 0.3) is 0 Å². The first-order valence-electron chi connectivity index (χ1n) is 7.20. The summed E-state index contributed by atoms with van der Waals surface area (Å²) in [6.07, 6.45) is 0. The number of nitrogen functional groups attached to an aromatic ring is 1. The number of hydrogen-bond acceptors (Lipinski definition) is 3. The Morgan fingerprint density at radius 2 is 1.95 bits per heavy atom. The second-order valence-corrected chi connectivity index (χ2v) is 6.65. The first-order chi connectivity index (χ1) is 9.90. The Morgan fingerprint density at radius 1 is 1.33 bits per heavy atom. The number of anilines is 1. The lowest BCUT2D eigenvalue weighted by atomic mass is 10.1. The molecule has 1 aliphatic rings. The second-order valence-electron chi connectivity index (χ2n) is 5.86. The van der Waals surface area contributed by atoms with Crippen molar-refractivity contribution in [2.75, 3.05) is 37.6 Å². The Balaban J connectivity index is 2.10. The molecule has 0 aliphatic carbocycles. The van der Waals surface area contributed by atoms with E-state index in [9.17, 15) is 4.39 Å². The lowest BCUT2D eigenvalue weighted by Gasteiger charge is -2.37. The average Bonchev–Trinajstić information content (AvgIpc) is 2.42. The summed E-state index contributed by atoms with van der Waals surface area (Å²) in [4.78, 5) is 4.47. The van der Waals surface area contributed by atoms with Gasteiger partial charge in [-0.2, -0.15) is 0 Å². The third kappa shape index (κ3) is 3.74. The van der Waals surface area contributed by atoms with Crippen molar-refractivity contribution in [3.8, 4) is 0 Å². The number of piperazine rings is 1. The molecule has 3 N–H and O–H groups in total. The largest absolute Gasteiger partial charge is 0.384 e. The number of nitrogens with two attached hydrogens (primary N) is 1. The summed E-state index contributed by atoms with van der Waals surface area (Å²) in [7, 11) is 0. The van der Waals surface area contributed by atoms with Crippen LogP contribution in [0.3, 0.4) is 0 Å². The fraction of sp³-hybridized carbons (Fsp3) is 0.533. The first-order valence-corrected chi connectivity index (χ1v) is 7.99. The number of benzene rings is 1. The molecule has 1 aromatic rings. The summed E-state index contributed by atoms with van der Waals surface area (Å²) in [6.45, 7) is 9.04. The van der Waals surface area contributed by atoms with Crippen molar-refractivity contribution in [1.82, 2.24) is 4.90 Å². The van der Waals surface area contributed by atoms with E-state index in [4.69, 9.17) is 11.1 Å². The summed E-state index contributed by atoms with van der Waals surface area (Å²) in [5.74, 6) is 0.186. The molecular weight excluding hydrogens is 335 g/mol. The minimum atomic E-state index is -0.333. The van der Waals surface area contributed by atoms with E-state index in [1.807, 2.05) is 0 Å². The smallest absolute Gasteiger partial charge is 0.161 e. The SMILES string of the molecule is CC(C)CN1CCN(c2ccc(C(=N)N)c(Br)c2F)CC1.